The van der Waals surface area contributed by atoms with E-state index in [0.717, 1.165) is 12.1 Å². The van der Waals surface area contributed by atoms with Gasteiger partial charge in [0, 0.05) is 20.1 Å². The van der Waals surface area contributed by atoms with E-state index < -0.39 is 11.6 Å². The standard InChI is InChI=1S/C14H19F2NO3/c1-20-9-11(6-7-18)17-14(19)5-3-10-2-4-12(15)13(16)8-10/h2,4,8,11,18H,3,5-7,9H2,1H3,(H,17,19). The zero-order valence-electron chi connectivity index (χ0n) is 11.4. The molecule has 0 aliphatic rings. The van der Waals surface area contributed by atoms with Crippen LogP contribution in [0.1, 0.15) is 18.4 Å². The molecule has 0 radical (unpaired) electrons. The van der Waals surface area contributed by atoms with Gasteiger partial charge in [-0.2, -0.15) is 0 Å². The lowest BCUT2D eigenvalue weighted by atomic mass is 10.1. The molecule has 0 aliphatic heterocycles. The van der Waals surface area contributed by atoms with Crippen molar-refractivity contribution in [3.63, 3.8) is 0 Å². The number of ether oxygens (including phenoxy) is 1. The van der Waals surface area contributed by atoms with E-state index in [4.69, 9.17) is 9.84 Å². The second kappa shape index (κ2) is 8.60. The first kappa shape index (κ1) is 16.5. The van der Waals surface area contributed by atoms with Crippen molar-refractivity contribution in [3.8, 4) is 0 Å². The number of hydrogen-bond acceptors (Lipinski definition) is 3. The van der Waals surface area contributed by atoms with Gasteiger partial charge in [0.15, 0.2) is 11.6 Å². The van der Waals surface area contributed by atoms with Crippen LogP contribution in [-0.4, -0.2) is 37.4 Å². The number of rotatable bonds is 8. The largest absolute Gasteiger partial charge is 0.396 e. The molecule has 1 aromatic rings. The van der Waals surface area contributed by atoms with Crippen LogP contribution in [0.4, 0.5) is 8.78 Å². The van der Waals surface area contributed by atoms with Gasteiger partial charge in [0.2, 0.25) is 5.91 Å². The predicted molar refractivity (Wildman–Crippen MR) is 70.2 cm³/mol. The molecular formula is C14H19F2NO3. The summed E-state index contributed by atoms with van der Waals surface area (Å²) in [5, 5.41) is 11.6. The van der Waals surface area contributed by atoms with Crippen molar-refractivity contribution >= 4 is 5.91 Å². The van der Waals surface area contributed by atoms with Crippen molar-refractivity contribution in [3.05, 3.63) is 35.4 Å². The molecule has 0 spiro atoms. The lowest BCUT2D eigenvalue weighted by molar-refractivity contribution is -0.122. The molecule has 20 heavy (non-hydrogen) atoms. The maximum atomic E-state index is 13.0. The second-order valence-corrected chi connectivity index (χ2v) is 4.48. The van der Waals surface area contributed by atoms with Crippen molar-refractivity contribution in [1.29, 1.82) is 0 Å². The van der Waals surface area contributed by atoms with E-state index >= 15 is 0 Å². The van der Waals surface area contributed by atoms with E-state index in [1.807, 2.05) is 0 Å². The molecule has 2 N–H and O–H groups in total. The summed E-state index contributed by atoms with van der Waals surface area (Å²) in [5.41, 5.74) is 0.560. The first-order valence-corrected chi connectivity index (χ1v) is 6.40. The Morgan fingerprint density at radius 3 is 2.75 bits per heavy atom. The maximum Gasteiger partial charge on any atom is 0.220 e. The zero-order chi connectivity index (χ0) is 15.0. The van der Waals surface area contributed by atoms with Crippen molar-refractivity contribution in [1.82, 2.24) is 5.32 Å². The van der Waals surface area contributed by atoms with Crippen molar-refractivity contribution < 1.29 is 23.4 Å². The molecule has 0 bridgehead atoms. The van der Waals surface area contributed by atoms with Crippen LogP contribution in [0.5, 0.6) is 0 Å². The van der Waals surface area contributed by atoms with Gasteiger partial charge in [0.05, 0.1) is 12.6 Å². The third-order valence-corrected chi connectivity index (χ3v) is 2.84. The third-order valence-electron chi connectivity index (χ3n) is 2.84. The van der Waals surface area contributed by atoms with Gasteiger partial charge in [0.25, 0.3) is 0 Å². The highest BCUT2D eigenvalue weighted by Gasteiger charge is 2.12. The first-order valence-electron chi connectivity index (χ1n) is 6.40. The SMILES string of the molecule is COCC(CCO)NC(=O)CCc1ccc(F)c(F)c1. The van der Waals surface area contributed by atoms with E-state index in [1.165, 1.54) is 13.2 Å². The Morgan fingerprint density at radius 1 is 1.40 bits per heavy atom. The number of aryl methyl sites for hydroxylation is 1. The lowest BCUT2D eigenvalue weighted by Crippen LogP contribution is -2.38. The number of halogens is 2. The molecule has 1 unspecified atom stereocenters. The fourth-order valence-electron chi connectivity index (χ4n) is 1.81. The normalized spacial score (nSPS) is 12.2. The highest BCUT2D eigenvalue weighted by molar-refractivity contribution is 5.76. The molecule has 0 fully saturated rings. The number of hydrogen-bond donors (Lipinski definition) is 2. The van der Waals surface area contributed by atoms with Crippen molar-refractivity contribution in [2.24, 2.45) is 0 Å². The van der Waals surface area contributed by atoms with E-state index in [1.54, 1.807) is 0 Å². The van der Waals surface area contributed by atoms with E-state index in [2.05, 4.69) is 5.32 Å². The van der Waals surface area contributed by atoms with E-state index in [0.29, 0.717) is 25.0 Å². The van der Waals surface area contributed by atoms with Gasteiger partial charge in [-0.15, -0.1) is 0 Å². The summed E-state index contributed by atoms with van der Waals surface area (Å²) in [5.74, 6) is -2.04. The van der Waals surface area contributed by atoms with E-state index in [-0.39, 0.29) is 25.0 Å². The Hall–Kier alpha value is -1.53. The molecule has 112 valence electrons. The highest BCUT2D eigenvalue weighted by atomic mass is 19.2. The van der Waals surface area contributed by atoms with Gasteiger partial charge >= 0.3 is 0 Å². The molecule has 1 aromatic carbocycles. The van der Waals surface area contributed by atoms with Gasteiger partial charge in [-0.25, -0.2) is 8.78 Å². The number of carbonyl (C=O) groups is 1. The molecule has 0 saturated heterocycles. The summed E-state index contributed by atoms with van der Waals surface area (Å²) in [4.78, 5) is 11.7. The molecular weight excluding hydrogens is 268 g/mol. The first-order chi connectivity index (χ1) is 9.56. The fourth-order valence-corrected chi connectivity index (χ4v) is 1.81. The Labute approximate surface area is 116 Å². The molecule has 1 rings (SSSR count). The number of aliphatic hydroxyl groups excluding tert-OH is 1. The average Bonchev–Trinajstić information content (AvgIpc) is 2.41. The smallest absolute Gasteiger partial charge is 0.220 e. The van der Waals surface area contributed by atoms with E-state index in [9.17, 15) is 13.6 Å². The van der Waals surface area contributed by atoms with Crippen LogP contribution in [0.15, 0.2) is 18.2 Å². The highest BCUT2D eigenvalue weighted by Crippen LogP contribution is 2.10. The minimum atomic E-state index is -0.916. The summed E-state index contributed by atoms with van der Waals surface area (Å²) in [7, 11) is 1.51. The molecule has 4 nitrogen and oxygen atoms in total. The zero-order valence-corrected chi connectivity index (χ0v) is 11.4. The van der Waals surface area contributed by atoms with Crippen LogP contribution in [0.25, 0.3) is 0 Å². The van der Waals surface area contributed by atoms with Crippen LogP contribution >= 0.6 is 0 Å². The van der Waals surface area contributed by atoms with Gasteiger partial charge < -0.3 is 15.2 Å². The van der Waals surface area contributed by atoms with Gasteiger partial charge in [0.1, 0.15) is 0 Å². The number of benzene rings is 1. The number of carbonyl (C=O) groups excluding carboxylic acids is 1. The molecule has 0 heterocycles. The number of methoxy groups -OCH3 is 1. The van der Waals surface area contributed by atoms with Crippen LogP contribution < -0.4 is 5.32 Å². The Kier molecular flexibility index (Phi) is 7.11. The topological polar surface area (TPSA) is 58.6 Å². The molecule has 1 atom stereocenters. The van der Waals surface area contributed by atoms with Crippen molar-refractivity contribution in [2.45, 2.75) is 25.3 Å². The van der Waals surface area contributed by atoms with Crippen LogP contribution in [0.2, 0.25) is 0 Å². The number of amides is 1. The predicted octanol–water partition coefficient (Wildman–Crippen LogP) is 1.41. The van der Waals surface area contributed by atoms with Crippen molar-refractivity contribution in [2.75, 3.05) is 20.3 Å². The quantitative estimate of drug-likeness (QED) is 0.760. The molecule has 0 aromatic heterocycles. The summed E-state index contributed by atoms with van der Waals surface area (Å²) in [6.07, 6.45) is 0.892. The van der Waals surface area contributed by atoms with Gasteiger partial charge in [-0.05, 0) is 30.5 Å². The summed E-state index contributed by atoms with van der Waals surface area (Å²) in [6, 6.07) is 3.33. The number of nitrogens with one attached hydrogen (secondary N) is 1. The average molecular weight is 287 g/mol. The van der Waals surface area contributed by atoms with Crippen LogP contribution in [-0.2, 0) is 16.0 Å². The van der Waals surface area contributed by atoms with Crippen LogP contribution in [0, 0.1) is 11.6 Å². The molecule has 6 heteroatoms. The Balaban J connectivity index is 2.43. The summed E-state index contributed by atoms with van der Waals surface area (Å²) >= 11 is 0. The maximum absolute atomic E-state index is 13.0. The minimum absolute atomic E-state index is 0.0442. The lowest BCUT2D eigenvalue weighted by Gasteiger charge is -2.16. The summed E-state index contributed by atoms with van der Waals surface area (Å²) in [6.45, 7) is 0.273. The van der Waals surface area contributed by atoms with Gasteiger partial charge in [-0.3, -0.25) is 4.79 Å². The summed E-state index contributed by atoms with van der Waals surface area (Å²) < 4.78 is 30.7. The second-order valence-electron chi connectivity index (χ2n) is 4.48. The Morgan fingerprint density at radius 2 is 2.15 bits per heavy atom. The Bertz CT molecular complexity index is 434. The number of aliphatic hydroxyl groups is 1. The molecule has 0 aliphatic carbocycles. The monoisotopic (exact) mass is 287 g/mol. The van der Waals surface area contributed by atoms with Crippen LogP contribution in [0.3, 0.4) is 0 Å². The molecule has 1 amide bonds. The van der Waals surface area contributed by atoms with Gasteiger partial charge in [-0.1, -0.05) is 6.07 Å². The third kappa shape index (κ3) is 5.63. The fraction of sp³-hybridized carbons (Fsp3) is 0.500. The molecule has 0 saturated carbocycles. The minimum Gasteiger partial charge on any atom is -0.396 e.